The Bertz CT molecular complexity index is 611. The standard InChI is InChI=1S/C15H18F3N3/c16-15(17,18)11-3-4-13-10(5-7-21-14(13)9-11)8-12(20)2-1-6-19/h3-5,7,9,12H,1-2,6,8,19-20H2. The van der Waals surface area contributed by atoms with Crippen molar-refractivity contribution in [3.05, 3.63) is 41.6 Å². The highest BCUT2D eigenvalue weighted by atomic mass is 19.4. The van der Waals surface area contributed by atoms with Crippen LogP contribution in [0.3, 0.4) is 0 Å². The summed E-state index contributed by atoms with van der Waals surface area (Å²) in [6, 6.07) is 5.37. The Balaban J connectivity index is 2.29. The summed E-state index contributed by atoms with van der Waals surface area (Å²) in [6.07, 6.45) is -0.607. The molecule has 0 aliphatic heterocycles. The smallest absolute Gasteiger partial charge is 0.330 e. The molecule has 1 unspecified atom stereocenters. The second kappa shape index (κ2) is 6.41. The van der Waals surface area contributed by atoms with Gasteiger partial charge in [0.2, 0.25) is 0 Å². The Morgan fingerprint density at radius 3 is 2.62 bits per heavy atom. The summed E-state index contributed by atoms with van der Waals surface area (Å²) in [7, 11) is 0. The lowest BCUT2D eigenvalue weighted by Gasteiger charge is -2.14. The molecule has 4 N–H and O–H groups in total. The largest absolute Gasteiger partial charge is 0.416 e. The zero-order valence-electron chi connectivity index (χ0n) is 11.5. The number of rotatable bonds is 5. The van der Waals surface area contributed by atoms with Gasteiger partial charge in [0.25, 0.3) is 0 Å². The van der Waals surface area contributed by atoms with Crippen LogP contribution in [0.1, 0.15) is 24.0 Å². The van der Waals surface area contributed by atoms with Gasteiger partial charge in [-0.15, -0.1) is 0 Å². The highest BCUT2D eigenvalue weighted by molar-refractivity contribution is 5.82. The third kappa shape index (κ3) is 3.92. The number of halogens is 3. The van der Waals surface area contributed by atoms with Crippen LogP contribution in [0.15, 0.2) is 30.5 Å². The van der Waals surface area contributed by atoms with Crippen molar-refractivity contribution >= 4 is 10.9 Å². The van der Waals surface area contributed by atoms with Gasteiger partial charge in [-0.1, -0.05) is 6.07 Å². The molecule has 0 amide bonds. The first kappa shape index (κ1) is 15.7. The zero-order chi connectivity index (χ0) is 15.5. The van der Waals surface area contributed by atoms with Gasteiger partial charge in [-0.2, -0.15) is 13.2 Å². The lowest BCUT2D eigenvalue weighted by atomic mass is 9.98. The van der Waals surface area contributed by atoms with Crippen molar-refractivity contribution in [2.24, 2.45) is 11.5 Å². The van der Waals surface area contributed by atoms with Crippen LogP contribution in [0.25, 0.3) is 10.9 Å². The maximum absolute atomic E-state index is 12.7. The molecular formula is C15H18F3N3. The van der Waals surface area contributed by atoms with E-state index in [0.29, 0.717) is 23.9 Å². The minimum absolute atomic E-state index is 0.0542. The van der Waals surface area contributed by atoms with E-state index in [9.17, 15) is 13.2 Å². The molecule has 1 atom stereocenters. The van der Waals surface area contributed by atoms with E-state index in [1.54, 1.807) is 6.07 Å². The number of nitrogens with zero attached hydrogens (tertiary/aromatic N) is 1. The lowest BCUT2D eigenvalue weighted by Crippen LogP contribution is -2.24. The second-order valence-electron chi connectivity index (χ2n) is 5.09. The molecule has 6 heteroatoms. The predicted octanol–water partition coefficient (Wildman–Crippen LogP) is 2.86. The fourth-order valence-electron chi connectivity index (χ4n) is 2.33. The van der Waals surface area contributed by atoms with Gasteiger partial charge in [-0.05, 0) is 49.6 Å². The van der Waals surface area contributed by atoms with Crippen LogP contribution < -0.4 is 11.5 Å². The van der Waals surface area contributed by atoms with Crippen molar-refractivity contribution in [3.8, 4) is 0 Å². The maximum Gasteiger partial charge on any atom is 0.416 e. The number of nitrogens with two attached hydrogens (primary N) is 2. The molecule has 1 aromatic carbocycles. The first-order valence-electron chi connectivity index (χ1n) is 6.82. The average molecular weight is 297 g/mol. The van der Waals surface area contributed by atoms with Gasteiger partial charge in [0.05, 0.1) is 11.1 Å². The Morgan fingerprint density at radius 1 is 1.19 bits per heavy atom. The molecule has 3 nitrogen and oxygen atoms in total. The quantitative estimate of drug-likeness (QED) is 0.892. The van der Waals surface area contributed by atoms with Crippen LogP contribution in [0, 0.1) is 0 Å². The van der Waals surface area contributed by atoms with Gasteiger partial charge in [0, 0.05) is 17.6 Å². The number of hydrogen-bond donors (Lipinski definition) is 2. The number of alkyl halides is 3. The van der Waals surface area contributed by atoms with E-state index < -0.39 is 11.7 Å². The molecule has 2 aromatic rings. The number of aromatic nitrogens is 1. The minimum Gasteiger partial charge on any atom is -0.330 e. The molecule has 114 valence electrons. The lowest BCUT2D eigenvalue weighted by molar-refractivity contribution is -0.137. The number of pyridine rings is 1. The van der Waals surface area contributed by atoms with Gasteiger partial charge in [-0.25, -0.2) is 0 Å². The first-order valence-corrected chi connectivity index (χ1v) is 6.82. The predicted molar refractivity (Wildman–Crippen MR) is 76.7 cm³/mol. The van der Waals surface area contributed by atoms with Crippen molar-refractivity contribution in [2.75, 3.05) is 6.54 Å². The van der Waals surface area contributed by atoms with Gasteiger partial charge >= 0.3 is 6.18 Å². The van der Waals surface area contributed by atoms with Crippen LogP contribution >= 0.6 is 0 Å². The minimum atomic E-state index is -4.36. The van der Waals surface area contributed by atoms with E-state index >= 15 is 0 Å². The van der Waals surface area contributed by atoms with E-state index in [1.165, 1.54) is 12.3 Å². The molecule has 0 aliphatic rings. The summed E-state index contributed by atoms with van der Waals surface area (Å²) in [6.45, 7) is 0.583. The number of benzene rings is 1. The summed E-state index contributed by atoms with van der Waals surface area (Å²) in [5.74, 6) is 0. The van der Waals surface area contributed by atoms with Crippen molar-refractivity contribution in [2.45, 2.75) is 31.5 Å². The Morgan fingerprint density at radius 2 is 1.95 bits per heavy atom. The van der Waals surface area contributed by atoms with Crippen LogP contribution in [0.5, 0.6) is 0 Å². The fraction of sp³-hybridized carbons (Fsp3) is 0.400. The third-order valence-corrected chi connectivity index (χ3v) is 3.42. The van der Waals surface area contributed by atoms with E-state index in [2.05, 4.69) is 4.98 Å². The molecule has 1 heterocycles. The molecule has 21 heavy (non-hydrogen) atoms. The maximum atomic E-state index is 12.7. The van der Waals surface area contributed by atoms with E-state index in [1.807, 2.05) is 0 Å². The molecule has 0 spiro atoms. The summed E-state index contributed by atoms with van der Waals surface area (Å²) >= 11 is 0. The molecule has 2 rings (SSSR count). The summed E-state index contributed by atoms with van der Waals surface area (Å²) in [4.78, 5) is 4.02. The molecule has 0 aliphatic carbocycles. The van der Waals surface area contributed by atoms with Crippen LogP contribution in [0.2, 0.25) is 0 Å². The van der Waals surface area contributed by atoms with Crippen LogP contribution in [-0.4, -0.2) is 17.6 Å². The molecule has 0 saturated carbocycles. The van der Waals surface area contributed by atoms with Crippen LogP contribution in [0.4, 0.5) is 13.2 Å². The van der Waals surface area contributed by atoms with Crippen molar-refractivity contribution in [3.63, 3.8) is 0 Å². The summed E-state index contributed by atoms with van der Waals surface area (Å²) in [5.41, 5.74) is 12.0. The second-order valence-corrected chi connectivity index (χ2v) is 5.09. The summed E-state index contributed by atoms with van der Waals surface area (Å²) in [5, 5.41) is 0.716. The summed E-state index contributed by atoms with van der Waals surface area (Å²) < 4.78 is 38.1. The normalized spacial score (nSPS) is 13.6. The topological polar surface area (TPSA) is 64.9 Å². The molecular weight excluding hydrogens is 279 g/mol. The molecule has 0 radical (unpaired) electrons. The fourth-order valence-corrected chi connectivity index (χ4v) is 2.33. The van der Waals surface area contributed by atoms with Gasteiger partial charge in [0.15, 0.2) is 0 Å². The van der Waals surface area contributed by atoms with Crippen molar-refractivity contribution in [1.82, 2.24) is 4.98 Å². The first-order chi connectivity index (χ1) is 9.91. The third-order valence-electron chi connectivity index (χ3n) is 3.42. The monoisotopic (exact) mass is 297 g/mol. The van der Waals surface area contributed by atoms with Crippen molar-refractivity contribution < 1.29 is 13.2 Å². The Kier molecular flexibility index (Phi) is 4.80. The molecule has 1 aromatic heterocycles. The average Bonchev–Trinajstić information content (AvgIpc) is 2.44. The van der Waals surface area contributed by atoms with Crippen LogP contribution in [-0.2, 0) is 12.6 Å². The number of fused-ring (bicyclic) bond motifs is 1. The van der Waals surface area contributed by atoms with E-state index in [-0.39, 0.29) is 6.04 Å². The van der Waals surface area contributed by atoms with Crippen molar-refractivity contribution in [1.29, 1.82) is 0 Å². The Hall–Kier alpha value is -1.66. The SMILES string of the molecule is NCCCC(N)Cc1ccnc2cc(C(F)(F)F)ccc12. The highest BCUT2D eigenvalue weighted by Crippen LogP contribution is 2.31. The zero-order valence-corrected chi connectivity index (χ0v) is 11.5. The van der Waals surface area contributed by atoms with E-state index in [4.69, 9.17) is 11.5 Å². The number of hydrogen-bond acceptors (Lipinski definition) is 3. The van der Waals surface area contributed by atoms with Gasteiger partial charge < -0.3 is 11.5 Å². The highest BCUT2D eigenvalue weighted by Gasteiger charge is 2.30. The molecule has 0 fully saturated rings. The molecule has 0 saturated heterocycles. The van der Waals surface area contributed by atoms with E-state index in [0.717, 1.165) is 30.5 Å². The Labute approximate surface area is 121 Å². The molecule has 0 bridgehead atoms. The van der Waals surface area contributed by atoms with Gasteiger partial charge in [-0.3, -0.25) is 4.98 Å². The van der Waals surface area contributed by atoms with Gasteiger partial charge in [0.1, 0.15) is 0 Å².